The normalized spacial score (nSPS) is 16.2. The van der Waals surface area contributed by atoms with E-state index in [1.165, 1.54) is 31.5 Å². The minimum Gasteiger partial charge on any atom is -0.493 e. The van der Waals surface area contributed by atoms with E-state index in [1.54, 1.807) is 7.11 Å². The van der Waals surface area contributed by atoms with E-state index in [1.807, 2.05) is 12.1 Å². The molecule has 0 radical (unpaired) electrons. The highest BCUT2D eigenvalue weighted by molar-refractivity contribution is 5.90. The van der Waals surface area contributed by atoms with E-state index in [-0.39, 0.29) is 6.54 Å². The number of carbonyl (C=O) groups is 1. The molecule has 1 fully saturated rings. The van der Waals surface area contributed by atoms with Gasteiger partial charge in [0.1, 0.15) is 12.4 Å². The number of likely N-dealkylation sites (tertiary alicyclic amines) is 1. The van der Waals surface area contributed by atoms with Crippen LogP contribution in [0.4, 0.5) is 5.82 Å². The molecule has 4 rings (SSSR count). The van der Waals surface area contributed by atoms with Crippen LogP contribution in [0.25, 0.3) is 10.9 Å². The van der Waals surface area contributed by atoms with Crippen molar-refractivity contribution in [3.63, 3.8) is 0 Å². The molecule has 1 aliphatic heterocycles. The molecule has 7 heteroatoms. The number of hydrogen-bond acceptors (Lipinski definition) is 6. The van der Waals surface area contributed by atoms with E-state index < -0.39 is 5.97 Å². The van der Waals surface area contributed by atoms with Crippen molar-refractivity contribution >= 4 is 22.7 Å². The van der Waals surface area contributed by atoms with Gasteiger partial charge in [0.2, 0.25) is 0 Å². The van der Waals surface area contributed by atoms with Crippen molar-refractivity contribution in [2.45, 2.75) is 38.5 Å². The summed E-state index contributed by atoms with van der Waals surface area (Å²) in [4.78, 5) is 18.2. The monoisotopic (exact) mass is 399 g/mol. The molecule has 0 spiro atoms. The zero-order valence-electron chi connectivity index (χ0n) is 17.0. The number of hydrogen-bond donors (Lipinski definition) is 2. The summed E-state index contributed by atoms with van der Waals surface area (Å²) in [5, 5.41) is 13.1. The third-order valence-electron chi connectivity index (χ3n) is 5.82. The van der Waals surface area contributed by atoms with Crippen LogP contribution in [0.15, 0.2) is 12.1 Å². The van der Waals surface area contributed by atoms with Crippen LogP contribution in [0.3, 0.4) is 0 Å². The summed E-state index contributed by atoms with van der Waals surface area (Å²) in [6.07, 6.45) is 6.51. The van der Waals surface area contributed by atoms with E-state index in [2.05, 4.69) is 10.2 Å². The first kappa shape index (κ1) is 19.8. The minimum atomic E-state index is -0.893. The number of aliphatic carboxylic acids is 1. The van der Waals surface area contributed by atoms with Crippen molar-refractivity contribution in [3.8, 4) is 11.5 Å². The lowest BCUT2D eigenvalue weighted by molar-refractivity contribution is -0.134. The number of nitrogens with zero attached hydrogens (tertiary/aromatic N) is 2. The molecule has 156 valence electrons. The molecule has 0 amide bonds. The van der Waals surface area contributed by atoms with Gasteiger partial charge in [0.05, 0.1) is 19.2 Å². The van der Waals surface area contributed by atoms with E-state index in [9.17, 15) is 4.79 Å². The summed E-state index contributed by atoms with van der Waals surface area (Å²) >= 11 is 0. The maximum atomic E-state index is 11.0. The Labute approximate surface area is 171 Å². The van der Waals surface area contributed by atoms with E-state index >= 15 is 0 Å². The average Bonchev–Trinajstić information content (AvgIpc) is 3.40. The Morgan fingerprint density at radius 2 is 1.97 bits per heavy atom. The third kappa shape index (κ3) is 4.40. The van der Waals surface area contributed by atoms with E-state index in [4.69, 9.17) is 19.6 Å². The lowest BCUT2D eigenvalue weighted by Gasteiger charge is -2.17. The zero-order chi connectivity index (χ0) is 20.2. The molecule has 2 N–H and O–H groups in total. The average molecular weight is 399 g/mol. The predicted octanol–water partition coefficient (Wildman–Crippen LogP) is 3.09. The molecule has 0 unspecified atom stereocenters. The zero-order valence-corrected chi connectivity index (χ0v) is 17.0. The molecule has 2 aromatic rings. The molecule has 2 aliphatic rings. The van der Waals surface area contributed by atoms with Gasteiger partial charge in [0.25, 0.3) is 0 Å². The molecule has 2 heterocycles. The quantitative estimate of drug-likeness (QED) is 0.627. The number of carboxylic acids is 1. The standard InChI is InChI=1S/C22H29N3O4/c1-28-19-12-17-15-6-4-7-16(15)22(23-14-21(26)27)24-18(17)13-20(19)29-11-5-10-25-8-2-3-9-25/h12-13H,2-11,14H2,1H3,(H,23,24)(H,26,27). The summed E-state index contributed by atoms with van der Waals surface area (Å²) in [5.74, 6) is 1.20. The highest BCUT2D eigenvalue weighted by Gasteiger charge is 2.22. The Balaban J connectivity index is 1.56. The molecule has 1 aliphatic carbocycles. The largest absolute Gasteiger partial charge is 0.493 e. The fourth-order valence-electron chi connectivity index (χ4n) is 4.43. The van der Waals surface area contributed by atoms with Crippen molar-refractivity contribution in [1.29, 1.82) is 0 Å². The van der Waals surface area contributed by atoms with Gasteiger partial charge in [0, 0.05) is 18.0 Å². The first-order chi connectivity index (χ1) is 14.2. The fourth-order valence-corrected chi connectivity index (χ4v) is 4.43. The summed E-state index contributed by atoms with van der Waals surface area (Å²) in [6.45, 7) is 3.94. The lowest BCUT2D eigenvalue weighted by atomic mass is 10.0. The summed E-state index contributed by atoms with van der Waals surface area (Å²) in [6, 6.07) is 3.94. The molecule has 0 bridgehead atoms. The second-order valence-corrected chi connectivity index (χ2v) is 7.79. The topological polar surface area (TPSA) is 83.9 Å². The predicted molar refractivity (Wildman–Crippen MR) is 112 cm³/mol. The number of ether oxygens (including phenoxy) is 2. The Hall–Kier alpha value is -2.54. The third-order valence-corrected chi connectivity index (χ3v) is 5.82. The van der Waals surface area contributed by atoms with Crippen LogP contribution >= 0.6 is 0 Å². The minimum absolute atomic E-state index is 0.138. The SMILES string of the molecule is COc1cc2c3c(c(NCC(=O)O)nc2cc1OCCCN1CCCC1)CCC3. The van der Waals surface area contributed by atoms with Gasteiger partial charge in [-0.2, -0.15) is 0 Å². The van der Waals surface area contributed by atoms with Crippen molar-refractivity contribution in [2.24, 2.45) is 0 Å². The van der Waals surface area contributed by atoms with Crippen LogP contribution in [-0.2, 0) is 17.6 Å². The van der Waals surface area contributed by atoms with Crippen molar-refractivity contribution in [2.75, 3.05) is 45.2 Å². The number of nitrogens with one attached hydrogen (secondary N) is 1. The Bertz CT molecular complexity index is 893. The number of benzene rings is 1. The molecule has 0 atom stereocenters. The van der Waals surface area contributed by atoms with Gasteiger partial charge in [-0.1, -0.05) is 0 Å². The van der Waals surface area contributed by atoms with Crippen LogP contribution < -0.4 is 14.8 Å². The number of rotatable bonds is 9. The van der Waals surface area contributed by atoms with Crippen LogP contribution in [0.2, 0.25) is 0 Å². The number of pyridine rings is 1. The number of aromatic nitrogens is 1. The lowest BCUT2D eigenvalue weighted by Crippen LogP contribution is -2.21. The Morgan fingerprint density at radius 3 is 2.72 bits per heavy atom. The van der Waals surface area contributed by atoms with Gasteiger partial charge < -0.3 is 24.8 Å². The smallest absolute Gasteiger partial charge is 0.322 e. The molecule has 1 aromatic heterocycles. The molecule has 7 nitrogen and oxygen atoms in total. The van der Waals surface area contributed by atoms with Crippen molar-refractivity contribution < 1.29 is 19.4 Å². The van der Waals surface area contributed by atoms with Crippen LogP contribution in [-0.4, -0.2) is 60.9 Å². The molecule has 29 heavy (non-hydrogen) atoms. The van der Waals surface area contributed by atoms with E-state index in [0.29, 0.717) is 18.2 Å². The number of carboxylic acid groups (broad SMARTS) is 1. The highest BCUT2D eigenvalue weighted by atomic mass is 16.5. The molecule has 1 saturated heterocycles. The number of anilines is 1. The number of methoxy groups -OCH3 is 1. The van der Waals surface area contributed by atoms with Crippen LogP contribution in [0.5, 0.6) is 11.5 Å². The van der Waals surface area contributed by atoms with Crippen LogP contribution in [0, 0.1) is 0 Å². The molecular weight excluding hydrogens is 370 g/mol. The maximum Gasteiger partial charge on any atom is 0.322 e. The van der Waals surface area contributed by atoms with Gasteiger partial charge in [-0.05, 0) is 68.8 Å². The van der Waals surface area contributed by atoms with Gasteiger partial charge in [-0.25, -0.2) is 4.98 Å². The Morgan fingerprint density at radius 1 is 1.17 bits per heavy atom. The van der Waals surface area contributed by atoms with Crippen LogP contribution in [0.1, 0.15) is 36.8 Å². The first-order valence-electron chi connectivity index (χ1n) is 10.5. The van der Waals surface area contributed by atoms with Gasteiger partial charge in [0.15, 0.2) is 11.5 Å². The number of aryl methyl sites for hydroxylation is 1. The molecule has 1 aromatic carbocycles. The van der Waals surface area contributed by atoms with Gasteiger partial charge >= 0.3 is 5.97 Å². The molecule has 0 saturated carbocycles. The summed E-state index contributed by atoms with van der Waals surface area (Å²) in [5.41, 5.74) is 3.18. The first-order valence-corrected chi connectivity index (χ1v) is 10.5. The maximum absolute atomic E-state index is 11.0. The summed E-state index contributed by atoms with van der Waals surface area (Å²) in [7, 11) is 1.66. The second-order valence-electron chi connectivity index (χ2n) is 7.79. The Kier molecular flexibility index (Phi) is 6.04. The van der Waals surface area contributed by atoms with Crippen molar-refractivity contribution in [1.82, 2.24) is 9.88 Å². The number of fused-ring (bicyclic) bond motifs is 3. The van der Waals surface area contributed by atoms with Crippen molar-refractivity contribution in [3.05, 3.63) is 23.3 Å². The van der Waals surface area contributed by atoms with E-state index in [0.717, 1.165) is 54.4 Å². The van der Waals surface area contributed by atoms with Gasteiger partial charge in [-0.15, -0.1) is 0 Å². The molecular formula is C22H29N3O4. The summed E-state index contributed by atoms with van der Waals surface area (Å²) < 4.78 is 11.6. The fraction of sp³-hybridized carbons (Fsp3) is 0.545. The highest BCUT2D eigenvalue weighted by Crippen LogP contribution is 2.39. The second kappa shape index (κ2) is 8.86. The van der Waals surface area contributed by atoms with Gasteiger partial charge in [-0.3, -0.25) is 4.79 Å².